The molecule has 0 aliphatic rings. The van der Waals surface area contributed by atoms with E-state index >= 15 is 0 Å². The molecule has 3 aromatic rings. The predicted molar refractivity (Wildman–Crippen MR) is 83.7 cm³/mol. The van der Waals surface area contributed by atoms with E-state index < -0.39 is 11.5 Å². The van der Waals surface area contributed by atoms with Gasteiger partial charge in [-0.25, -0.2) is 14.8 Å². The number of hydrogen-bond donors (Lipinski definition) is 2. The second kappa shape index (κ2) is 5.94. The van der Waals surface area contributed by atoms with Crippen LogP contribution in [0.5, 0.6) is 0 Å². The van der Waals surface area contributed by atoms with Gasteiger partial charge in [-0.15, -0.1) is 0 Å². The fraction of sp³-hybridized carbons (Fsp3) is 0.143. The van der Waals surface area contributed by atoms with Crippen LogP contribution in [0.2, 0.25) is 0 Å². The molecule has 2 N–H and O–H groups in total. The van der Waals surface area contributed by atoms with Gasteiger partial charge in [0.2, 0.25) is 5.95 Å². The van der Waals surface area contributed by atoms with Crippen LogP contribution in [0.25, 0.3) is 10.2 Å². The maximum Gasteiger partial charge on any atom is 0.345 e. The number of fused-ring (bicyclic) bond motifs is 1. The third-order valence-electron chi connectivity index (χ3n) is 2.81. The largest absolute Gasteiger partial charge is 0.462 e. The minimum Gasteiger partial charge on any atom is -0.462 e. The number of nitrogens with one attached hydrogen (secondary N) is 2. The van der Waals surface area contributed by atoms with Crippen molar-refractivity contribution in [1.29, 1.82) is 0 Å². The van der Waals surface area contributed by atoms with Gasteiger partial charge < -0.3 is 10.1 Å². The lowest BCUT2D eigenvalue weighted by atomic mass is 10.3. The number of carbonyl (C=O) groups excluding carboxylic acids is 1. The molecular formula is C14H12N4O3S. The fourth-order valence-electron chi connectivity index (χ4n) is 1.84. The number of thiazole rings is 1. The van der Waals surface area contributed by atoms with Crippen molar-refractivity contribution in [3.8, 4) is 0 Å². The summed E-state index contributed by atoms with van der Waals surface area (Å²) in [4.78, 5) is 34.3. The van der Waals surface area contributed by atoms with Crippen molar-refractivity contribution in [3.05, 3.63) is 46.4 Å². The highest BCUT2D eigenvalue weighted by Gasteiger charge is 2.13. The van der Waals surface area contributed by atoms with Gasteiger partial charge in [0.05, 0.1) is 23.0 Å². The summed E-state index contributed by atoms with van der Waals surface area (Å²) in [5.74, 6) is -0.472. The number of nitrogens with zero attached hydrogens (tertiary/aromatic N) is 2. The summed E-state index contributed by atoms with van der Waals surface area (Å²) >= 11 is 1.44. The summed E-state index contributed by atoms with van der Waals surface area (Å²) in [6.45, 7) is 1.87. The predicted octanol–water partition coefficient (Wildman–Crippen LogP) is 2.30. The number of aromatic amines is 1. The van der Waals surface area contributed by atoms with Gasteiger partial charge in [0.1, 0.15) is 5.56 Å². The van der Waals surface area contributed by atoms with Crippen LogP contribution >= 0.6 is 11.3 Å². The highest BCUT2D eigenvalue weighted by atomic mass is 32.1. The molecule has 3 rings (SSSR count). The second-order valence-electron chi connectivity index (χ2n) is 4.31. The normalized spacial score (nSPS) is 10.6. The summed E-state index contributed by atoms with van der Waals surface area (Å²) in [7, 11) is 0. The van der Waals surface area contributed by atoms with E-state index in [2.05, 4.69) is 20.3 Å². The zero-order valence-electron chi connectivity index (χ0n) is 11.6. The van der Waals surface area contributed by atoms with Crippen LogP contribution in [-0.2, 0) is 4.74 Å². The molecule has 0 atom stereocenters. The first-order valence-corrected chi connectivity index (χ1v) is 7.38. The van der Waals surface area contributed by atoms with Crippen molar-refractivity contribution in [1.82, 2.24) is 15.0 Å². The lowest BCUT2D eigenvalue weighted by Gasteiger charge is -2.03. The maximum atomic E-state index is 11.9. The summed E-state index contributed by atoms with van der Waals surface area (Å²) in [5, 5.41) is 3.53. The summed E-state index contributed by atoms with van der Waals surface area (Å²) in [6, 6.07) is 7.69. The van der Waals surface area contributed by atoms with Crippen LogP contribution in [0, 0.1) is 0 Å². The first kappa shape index (κ1) is 14.2. The Morgan fingerprint density at radius 1 is 1.41 bits per heavy atom. The molecule has 2 aromatic heterocycles. The number of ether oxygens (including phenoxy) is 1. The Hall–Kier alpha value is -2.74. The lowest BCUT2D eigenvalue weighted by Crippen LogP contribution is -2.21. The molecule has 0 radical (unpaired) electrons. The number of rotatable bonds is 4. The minimum atomic E-state index is -0.692. The average Bonchev–Trinajstić information content (AvgIpc) is 2.89. The Balaban J connectivity index is 1.85. The Morgan fingerprint density at radius 3 is 2.95 bits per heavy atom. The van der Waals surface area contributed by atoms with Crippen LogP contribution in [0.3, 0.4) is 0 Å². The second-order valence-corrected chi connectivity index (χ2v) is 5.34. The van der Waals surface area contributed by atoms with Gasteiger partial charge in [-0.05, 0) is 19.1 Å². The molecule has 0 unspecified atom stereocenters. The zero-order valence-corrected chi connectivity index (χ0v) is 12.4. The molecule has 8 heteroatoms. The molecule has 22 heavy (non-hydrogen) atoms. The van der Waals surface area contributed by atoms with Gasteiger partial charge in [0.25, 0.3) is 5.56 Å². The number of carbonyl (C=O) groups is 1. The van der Waals surface area contributed by atoms with Crippen molar-refractivity contribution in [3.63, 3.8) is 0 Å². The number of para-hydroxylation sites is 1. The minimum absolute atomic E-state index is 0.128. The van der Waals surface area contributed by atoms with E-state index in [9.17, 15) is 9.59 Å². The topological polar surface area (TPSA) is 97.0 Å². The van der Waals surface area contributed by atoms with Gasteiger partial charge in [-0.1, -0.05) is 23.5 Å². The monoisotopic (exact) mass is 316 g/mol. The highest BCUT2D eigenvalue weighted by molar-refractivity contribution is 7.22. The first-order chi connectivity index (χ1) is 10.7. The van der Waals surface area contributed by atoms with Gasteiger partial charge >= 0.3 is 5.97 Å². The zero-order chi connectivity index (χ0) is 15.5. The molecule has 112 valence electrons. The molecule has 0 fully saturated rings. The molecule has 0 amide bonds. The molecule has 0 saturated carbocycles. The Morgan fingerprint density at radius 2 is 2.23 bits per heavy atom. The van der Waals surface area contributed by atoms with Crippen molar-refractivity contribution in [2.45, 2.75) is 6.92 Å². The van der Waals surface area contributed by atoms with E-state index in [1.807, 2.05) is 24.3 Å². The van der Waals surface area contributed by atoms with Gasteiger partial charge in [0, 0.05) is 0 Å². The third-order valence-corrected chi connectivity index (χ3v) is 3.77. The van der Waals surface area contributed by atoms with Crippen LogP contribution in [0.15, 0.2) is 35.3 Å². The smallest absolute Gasteiger partial charge is 0.345 e. The van der Waals surface area contributed by atoms with E-state index in [1.54, 1.807) is 6.92 Å². The summed E-state index contributed by atoms with van der Waals surface area (Å²) < 4.78 is 5.80. The summed E-state index contributed by atoms with van der Waals surface area (Å²) in [5.41, 5.74) is 0.175. The van der Waals surface area contributed by atoms with Gasteiger partial charge in [0.15, 0.2) is 5.13 Å². The molecular weight excluding hydrogens is 304 g/mol. The molecule has 0 aliphatic carbocycles. The van der Waals surface area contributed by atoms with Gasteiger partial charge in [-0.3, -0.25) is 9.78 Å². The first-order valence-electron chi connectivity index (χ1n) is 6.56. The highest BCUT2D eigenvalue weighted by Crippen LogP contribution is 2.26. The molecule has 0 spiro atoms. The number of aromatic nitrogens is 3. The van der Waals surface area contributed by atoms with Crippen LogP contribution < -0.4 is 10.9 Å². The molecule has 0 saturated heterocycles. The van der Waals surface area contributed by atoms with E-state index in [1.165, 1.54) is 17.5 Å². The fourth-order valence-corrected chi connectivity index (χ4v) is 2.70. The van der Waals surface area contributed by atoms with Crippen molar-refractivity contribution < 1.29 is 9.53 Å². The maximum absolute atomic E-state index is 11.9. The van der Waals surface area contributed by atoms with Crippen LogP contribution in [-0.4, -0.2) is 27.5 Å². The van der Waals surface area contributed by atoms with Crippen molar-refractivity contribution in [2.24, 2.45) is 0 Å². The van der Waals surface area contributed by atoms with Crippen molar-refractivity contribution in [2.75, 3.05) is 11.9 Å². The Bertz CT molecular complexity index is 854. The molecule has 7 nitrogen and oxygen atoms in total. The molecule has 2 heterocycles. The Kier molecular flexibility index (Phi) is 3.84. The number of esters is 1. The third kappa shape index (κ3) is 2.82. The van der Waals surface area contributed by atoms with E-state index in [-0.39, 0.29) is 18.1 Å². The SMILES string of the molecule is CCOC(=O)c1cnc(Nc2nc3ccccc3s2)[nH]c1=O. The van der Waals surface area contributed by atoms with Gasteiger partial charge in [-0.2, -0.15) is 0 Å². The molecule has 1 aromatic carbocycles. The van der Waals surface area contributed by atoms with E-state index in [0.717, 1.165) is 10.2 Å². The molecule has 0 bridgehead atoms. The number of benzene rings is 1. The lowest BCUT2D eigenvalue weighted by molar-refractivity contribution is 0.0524. The van der Waals surface area contributed by atoms with Crippen molar-refractivity contribution >= 4 is 38.6 Å². The number of H-pyrrole nitrogens is 1. The van der Waals surface area contributed by atoms with E-state index in [0.29, 0.717) is 5.13 Å². The van der Waals surface area contributed by atoms with Crippen LogP contribution in [0.1, 0.15) is 17.3 Å². The summed E-state index contributed by atoms with van der Waals surface area (Å²) in [6.07, 6.45) is 1.19. The average molecular weight is 316 g/mol. The number of anilines is 2. The quantitative estimate of drug-likeness (QED) is 0.717. The number of hydrogen-bond acceptors (Lipinski definition) is 7. The Labute approximate surface area is 129 Å². The van der Waals surface area contributed by atoms with E-state index in [4.69, 9.17) is 4.74 Å². The molecule has 0 aliphatic heterocycles. The standard InChI is InChI=1S/C14H12N4O3S/c1-2-21-12(20)8-7-15-13(17-11(8)19)18-14-16-9-5-3-4-6-10(9)22-14/h3-7H,2H2,1H3,(H2,15,16,17,18,19). The van der Waals surface area contributed by atoms with Crippen LogP contribution in [0.4, 0.5) is 11.1 Å².